The zero-order valence-corrected chi connectivity index (χ0v) is 21.6. The van der Waals surface area contributed by atoms with Crippen molar-refractivity contribution in [3.8, 4) is 0 Å². The van der Waals surface area contributed by atoms with Gasteiger partial charge in [0.05, 0.1) is 6.61 Å². The van der Waals surface area contributed by atoms with Crippen molar-refractivity contribution in [2.75, 3.05) is 32.2 Å². The lowest BCUT2D eigenvalue weighted by Gasteiger charge is -2.51. The van der Waals surface area contributed by atoms with Gasteiger partial charge in [0.1, 0.15) is 0 Å². The van der Waals surface area contributed by atoms with Crippen LogP contribution in [0.25, 0.3) is 0 Å². The van der Waals surface area contributed by atoms with Gasteiger partial charge in [-0.15, -0.1) is 0 Å². The summed E-state index contributed by atoms with van der Waals surface area (Å²) in [6.45, 7) is 4.28. The Balaban J connectivity index is 1.13. The summed E-state index contributed by atoms with van der Waals surface area (Å²) in [4.78, 5) is 2.13. The summed E-state index contributed by atoms with van der Waals surface area (Å²) in [5.74, 6) is 1.35. The fourth-order valence-electron chi connectivity index (χ4n) is 8.19. The second kappa shape index (κ2) is 9.59. The highest BCUT2D eigenvalue weighted by atomic mass is 16.5. The number of hydrogen-bond acceptors (Lipinski definition) is 4. The van der Waals surface area contributed by atoms with Crippen LogP contribution in [0.3, 0.4) is 0 Å². The van der Waals surface area contributed by atoms with Gasteiger partial charge >= 0.3 is 0 Å². The smallest absolute Gasteiger partial charge is 0.163 e. The van der Waals surface area contributed by atoms with E-state index >= 15 is 0 Å². The van der Waals surface area contributed by atoms with E-state index in [1.165, 1.54) is 49.8 Å². The van der Waals surface area contributed by atoms with Crippen molar-refractivity contribution in [1.82, 2.24) is 0 Å². The Hall–Kier alpha value is -1.36. The lowest BCUT2D eigenvalue weighted by molar-refractivity contribution is -0.185. The number of anilines is 1. The van der Waals surface area contributed by atoms with Crippen molar-refractivity contribution in [3.63, 3.8) is 0 Å². The molecule has 1 aromatic rings. The first-order valence-corrected chi connectivity index (χ1v) is 13.8. The van der Waals surface area contributed by atoms with Crippen molar-refractivity contribution < 1.29 is 14.9 Å². The molecule has 2 N–H and O–H groups in total. The van der Waals surface area contributed by atoms with Crippen molar-refractivity contribution >= 4 is 5.69 Å². The van der Waals surface area contributed by atoms with E-state index in [0.717, 1.165) is 50.2 Å². The molecule has 0 heterocycles. The molecule has 0 aliphatic heterocycles. The number of aliphatic hydroxyl groups is 2. The molecule has 4 nitrogen and oxygen atoms in total. The molecule has 188 valence electrons. The predicted octanol–water partition coefficient (Wildman–Crippen LogP) is 5.72. The number of nitrogens with zero attached hydrogens (tertiary/aromatic N) is 1. The first-order valence-electron chi connectivity index (χ1n) is 13.8. The van der Waals surface area contributed by atoms with Crippen LogP contribution >= 0.6 is 0 Å². The van der Waals surface area contributed by atoms with Gasteiger partial charge in [-0.05, 0) is 105 Å². The van der Waals surface area contributed by atoms with Crippen LogP contribution in [0.1, 0.15) is 76.7 Å². The average molecular weight is 468 g/mol. The molecule has 5 rings (SSSR count). The Kier molecular flexibility index (Phi) is 6.87. The highest BCUT2D eigenvalue weighted by Crippen LogP contribution is 2.63. The Bertz CT molecular complexity index is 889. The monoisotopic (exact) mass is 467 g/mol. The van der Waals surface area contributed by atoms with Gasteiger partial charge in [0.15, 0.2) is 5.79 Å². The molecule has 1 unspecified atom stereocenters. The Morgan fingerprint density at radius 1 is 0.941 bits per heavy atom. The third-order valence-corrected chi connectivity index (χ3v) is 10.2. The van der Waals surface area contributed by atoms with Gasteiger partial charge < -0.3 is 19.8 Å². The third-order valence-electron chi connectivity index (χ3n) is 10.2. The maximum Gasteiger partial charge on any atom is 0.163 e. The van der Waals surface area contributed by atoms with E-state index < -0.39 is 5.79 Å². The summed E-state index contributed by atoms with van der Waals surface area (Å²) in [6.07, 6.45) is 11.9. The molecule has 3 fully saturated rings. The fourth-order valence-corrected chi connectivity index (χ4v) is 8.19. The summed E-state index contributed by atoms with van der Waals surface area (Å²) in [5.41, 5.74) is 6.42. The fraction of sp³-hybridized carbons (Fsp3) is 0.733. The zero-order chi connectivity index (χ0) is 23.9. The van der Waals surface area contributed by atoms with Crippen LogP contribution in [0.5, 0.6) is 0 Å². The maximum absolute atomic E-state index is 10.2. The van der Waals surface area contributed by atoms with Crippen LogP contribution in [-0.2, 0) is 11.2 Å². The minimum absolute atomic E-state index is 0.420. The molecule has 34 heavy (non-hydrogen) atoms. The Labute approximate surface area is 206 Å². The van der Waals surface area contributed by atoms with Crippen molar-refractivity contribution in [3.05, 3.63) is 41.0 Å². The number of benzene rings is 1. The molecule has 0 saturated heterocycles. The van der Waals surface area contributed by atoms with Crippen LogP contribution in [0.15, 0.2) is 35.4 Å². The van der Waals surface area contributed by atoms with Crippen LogP contribution in [-0.4, -0.2) is 43.3 Å². The summed E-state index contributed by atoms with van der Waals surface area (Å²) < 4.78 is 6.13. The van der Waals surface area contributed by atoms with Crippen LogP contribution < -0.4 is 4.90 Å². The largest absolute Gasteiger partial charge is 0.381 e. The zero-order valence-electron chi connectivity index (χ0n) is 21.6. The van der Waals surface area contributed by atoms with Crippen molar-refractivity contribution in [2.24, 2.45) is 29.1 Å². The third kappa shape index (κ3) is 4.70. The van der Waals surface area contributed by atoms with E-state index in [2.05, 4.69) is 50.2 Å². The maximum atomic E-state index is 10.2. The highest BCUT2D eigenvalue weighted by Gasteiger charge is 2.54. The van der Waals surface area contributed by atoms with E-state index in [1.54, 1.807) is 11.1 Å². The van der Waals surface area contributed by atoms with E-state index in [1.807, 2.05) is 0 Å². The molecule has 4 heteroatoms. The molecule has 1 aromatic carbocycles. The van der Waals surface area contributed by atoms with E-state index in [4.69, 9.17) is 4.74 Å². The second-order valence-corrected chi connectivity index (χ2v) is 12.2. The standard InChI is InChI=1S/C30H45NO3/c1-29-16-12-26-25-13-17-30(32,33)20-22(25)6-10-27(26)28(29)11-7-23(29)15-19-34-18-14-21-4-8-24(9-5-21)31(2)3/h4-5,8-9,22-23,27-28,32-33H,6-7,10-20H2,1-3H3/t22?,23-,27-,28+,29-/m1/s1. The predicted molar refractivity (Wildman–Crippen MR) is 138 cm³/mol. The first-order chi connectivity index (χ1) is 16.3. The molecule has 3 saturated carbocycles. The minimum Gasteiger partial charge on any atom is -0.381 e. The van der Waals surface area contributed by atoms with Gasteiger partial charge in [0.25, 0.3) is 0 Å². The number of fused-ring (bicyclic) bond motifs is 4. The minimum atomic E-state index is -1.43. The molecule has 0 aromatic heterocycles. The van der Waals surface area contributed by atoms with E-state index in [0.29, 0.717) is 24.2 Å². The molecule has 0 amide bonds. The molecule has 4 aliphatic carbocycles. The van der Waals surface area contributed by atoms with Crippen LogP contribution in [0.2, 0.25) is 0 Å². The van der Waals surface area contributed by atoms with Crippen LogP contribution in [0.4, 0.5) is 5.69 Å². The lowest BCUT2D eigenvalue weighted by atomic mass is 9.54. The number of allylic oxidation sites excluding steroid dienone is 2. The van der Waals surface area contributed by atoms with Crippen molar-refractivity contribution in [1.29, 1.82) is 0 Å². The summed E-state index contributed by atoms with van der Waals surface area (Å²) in [6, 6.07) is 8.81. The topological polar surface area (TPSA) is 52.9 Å². The van der Waals surface area contributed by atoms with Gasteiger partial charge in [-0.3, -0.25) is 0 Å². The molecular formula is C30H45NO3. The number of ether oxygens (including phenoxy) is 1. The quantitative estimate of drug-likeness (QED) is 0.306. The van der Waals surface area contributed by atoms with E-state index in [9.17, 15) is 10.2 Å². The normalized spacial score (nSPS) is 34.4. The van der Waals surface area contributed by atoms with Gasteiger partial charge in [-0.1, -0.05) is 30.2 Å². The average Bonchev–Trinajstić information content (AvgIpc) is 3.14. The summed E-state index contributed by atoms with van der Waals surface area (Å²) in [7, 11) is 4.15. The van der Waals surface area contributed by atoms with Gasteiger partial charge in [-0.25, -0.2) is 0 Å². The number of hydrogen-bond donors (Lipinski definition) is 2. The van der Waals surface area contributed by atoms with Gasteiger partial charge in [0.2, 0.25) is 0 Å². The SMILES string of the molecule is CN(C)c1ccc(CCOCC[C@H]2CC[C@H]3[C@@H]4CCC5CC(O)(O)CCC5=C4CC[C@]23C)cc1. The molecule has 0 radical (unpaired) electrons. The lowest BCUT2D eigenvalue weighted by Crippen LogP contribution is -2.43. The van der Waals surface area contributed by atoms with Gasteiger partial charge in [0, 0.05) is 39.2 Å². The van der Waals surface area contributed by atoms with Gasteiger partial charge in [-0.2, -0.15) is 0 Å². The Morgan fingerprint density at radius 2 is 1.71 bits per heavy atom. The molecule has 5 atom stereocenters. The summed E-state index contributed by atoms with van der Waals surface area (Å²) in [5, 5.41) is 20.3. The molecule has 0 bridgehead atoms. The van der Waals surface area contributed by atoms with E-state index in [-0.39, 0.29) is 0 Å². The number of rotatable bonds is 7. The van der Waals surface area contributed by atoms with Crippen molar-refractivity contribution in [2.45, 2.75) is 83.3 Å². The first kappa shape index (κ1) is 24.3. The summed E-state index contributed by atoms with van der Waals surface area (Å²) >= 11 is 0. The molecule has 4 aliphatic rings. The second-order valence-electron chi connectivity index (χ2n) is 12.2. The molecular weight excluding hydrogens is 422 g/mol. The molecule has 0 spiro atoms. The van der Waals surface area contributed by atoms with Crippen LogP contribution in [0, 0.1) is 29.1 Å². The Morgan fingerprint density at radius 3 is 2.47 bits per heavy atom. The highest BCUT2D eigenvalue weighted by molar-refractivity contribution is 5.46.